The molecule has 0 aliphatic heterocycles. The molecule has 0 bridgehead atoms. The molecule has 2 N–H and O–H groups in total. The Bertz CT molecular complexity index is 1050. The molecular formula is C23H26F2N2O7. The molecule has 0 saturated heterocycles. The molecule has 0 fully saturated rings. The predicted molar refractivity (Wildman–Crippen MR) is 121 cm³/mol. The van der Waals surface area contributed by atoms with Gasteiger partial charge in [0.05, 0.1) is 34.0 Å². The number of carboxylic acids is 1. The topological polar surface area (TPSA) is 107 Å². The van der Waals surface area contributed by atoms with Crippen LogP contribution in [0, 0.1) is 0 Å². The lowest BCUT2D eigenvalue weighted by Crippen LogP contribution is -2.44. The molecule has 2 rings (SSSR count). The molecule has 0 unspecified atom stereocenters. The van der Waals surface area contributed by atoms with Gasteiger partial charge < -0.3 is 29.4 Å². The summed E-state index contributed by atoms with van der Waals surface area (Å²) in [7, 11) is 6.76. The Labute approximate surface area is 195 Å². The molecule has 0 heterocycles. The van der Waals surface area contributed by atoms with Gasteiger partial charge in [-0.3, -0.25) is 4.79 Å². The van der Waals surface area contributed by atoms with Gasteiger partial charge in [0.2, 0.25) is 5.91 Å². The van der Waals surface area contributed by atoms with E-state index in [0.717, 1.165) is 7.05 Å². The second kappa shape index (κ2) is 11.3. The third-order valence-electron chi connectivity index (χ3n) is 4.85. The molecule has 0 spiro atoms. The van der Waals surface area contributed by atoms with Crippen LogP contribution < -0.4 is 24.3 Å². The maximum absolute atomic E-state index is 13.8. The second-order valence-corrected chi connectivity index (χ2v) is 7.00. The number of halogens is 2. The highest BCUT2D eigenvalue weighted by Crippen LogP contribution is 2.35. The Hall–Kier alpha value is -3.86. The zero-order chi connectivity index (χ0) is 25.5. The van der Waals surface area contributed by atoms with Gasteiger partial charge in [0.15, 0.2) is 0 Å². The number of methoxy groups -OCH3 is 4. The van der Waals surface area contributed by atoms with Gasteiger partial charge in [-0.05, 0) is 31.3 Å². The molecule has 184 valence electrons. The number of carboxylic acid groups (broad SMARTS) is 1. The number of rotatable bonds is 11. The van der Waals surface area contributed by atoms with Gasteiger partial charge in [-0.15, -0.1) is 0 Å². The van der Waals surface area contributed by atoms with Crippen molar-refractivity contribution in [2.45, 2.75) is 12.6 Å². The molecule has 2 aromatic rings. The van der Waals surface area contributed by atoms with Gasteiger partial charge in [0.25, 0.3) is 0 Å². The van der Waals surface area contributed by atoms with Crippen molar-refractivity contribution in [1.29, 1.82) is 0 Å². The van der Waals surface area contributed by atoms with Gasteiger partial charge >= 0.3 is 12.0 Å². The van der Waals surface area contributed by atoms with E-state index in [0.29, 0.717) is 33.4 Å². The number of nitrogens with one attached hydrogen (secondary N) is 1. The van der Waals surface area contributed by atoms with E-state index in [1.807, 2.05) is 0 Å². The van der Waals surface area contributed by atoms with Crippen molar-refractivity contribution in [2.75, 3.05) is 40.8 Å². The number of nitrogens with zero attached hydrogens (tertiary/aromatic N) is 1. The lowest BCUT2D eigenvalue weighted by atomic mass is 10.1. The molecule has 0 atom stereocenters. The van der Waals surface area contributed by atoms with E-state index in [1.165, 1.54) is 58.8 Å². The van der Waals surface area contributed by atoms with Crippen molar-refractivity contribution in [2.24, 2.45) is 0 Å². The number of ether oxygens (including phenoxy) is 4. The average Bonchev–Trinajstić information content (AvgIpc) is 2.82. The minimum Gasteiger partial charge on any atom is -0.496 e. The van der Waals surface area contributed by atoms with Crippen molar-refractivity contribution < 1.29 is 42.4 Å². The maximum atomic E-state index is 13.8. The van der Waals surface area contributed by atoms with Gasteiger partial charge in [-0.1, -0.05) is 0 Å². The predicted octanol–water partition coefficient (Wildman–Crippen LogP) is 3.48. The van der Waals surface area contributed by atoms with Crippen molar-refractivity contribution in [3.05, 3.63) is 47.5 Å². The summed E-state index contributed by atoms with van der Waals surface area (Å²) >= 11 is 0. The standard InChI is InChI=1S/C23H26F2N2O7/c1-27(23(24,25)22(29)30)13-14-10-15(6-8-18(14)32-3)26-21(28)9-7-17-19(33-4)11-16(31-2)12-20(17)34-5/h6-12H,13H2,1-5H3,(H,26,28)(H,29,30)/b9-7+. The van der Waals surface area contributed by atoms with Gasteiger partial charge in [-0.25, -0.2) is 9.69 Å². The summed E-state index contributed by atoms with van der Waals surface area (Å²) in [4.78, 5) is 23.7. The van der Waals surface area contributed by atoms with E-state index in [9.17, 15) is 18.4 Å². The maximum Gasteiger partial charge on any atom is 0.401 e. The molecule has 9 nitrogen and oxygen atoms in total. The minimum atomic E-state index is -4.08. The molecule has 1 amide bonds. The Morgan fingerprint density at radius 1 is 1.00 bits per heavy atom. The smallest absolute Gasteiger partial charge is 0.401 e. The van der Waals surface area contributed by atoms with Crippen LogP contribution in [0.1, 0.15) is 11.1 Å². The first-order valence-electron chi connectivity index (χ1n) is 9.85. The zero-order valence-electron chi connectivity index (χ0n) is 19.3. The number of carbonyl (C=O) groups is 2. The van der Waals surface area contributed by atoms with Crippen LogP contribution in [-0.2, 0) is 16.1 Å². The second-order valence-electron chi connectivity index (χ2n) is 7.00. The summed E-state index contributed by atoms with van der Waals surface area (Å²) in [5.74, 6) is -1.16. The highest BCUT2D eigenvalue weighted by Gasteiger charge is 2.43. The molecule has 0 saturated carbocycles. The van der Waals surface area contributed by atoms with Crippen LogP contribution in [0.2, 0.25) is 0 Å². The summed E-state index contributed by atoms with van der Waals surface area (Å²) in [5, 5.41) is 11.4. The van der Waals surface area contributed by atoms with Crippen molar-refractivity contribution in [1.82, 2.24) is 4.90 Å². The summed E-state index contributed by atoms with van der Waals surface area (Å²) < 4.78 is 48.6. The molecular weight excluding hydrogens is 454 g/mol. The molecule has 0 radical (unpaired) electrons. The van der Waals surface area contributed by atoms with Gasteiger partial charge in [-0.2, -0.15) is 8.78 Å². The van der Waals surface area contributed by atoms with Crippen LogP contribution in [0.4, 0.5) is 14.5 Å². The monoisotopic (exact) mass is 480 g/mol. The van der Waals surface area contributed by atoms with Gasteiger partial charge in [0.1, 0.15) is 23.0 Å². The van der Waals surface area contributed by atoms with E-state index in [-0.39, 0.29) is 11.3 Å². The van der Waals surface area contributed by atoms with Crippen LogP contribution in [0.15, 0.2) is 36.4 Å². The number of alkyl halides is 2. The van der Waals surface area contributed by atoms with Crippen LogP contribution in [-0.4, -0.2) is 63.4 Å². The Kier molecular flexibility index (Phi) is 8.79. The highest BCUT2D eigenvalue weighted by molar-refractivity contribution is 6.02. The fourth-order valence-corrected chi connectivity index (χ4v) is 3.04. The van der Waals surface area contributed by atoms with Crippen molar-refractivity contribution >= 4 is 23.6 Å². The van der Waals surface area contributed by atoms with E-state index in [4.69, 9.17) is 24.1 Å². The highest BCUT2D eigenvalue weighted by atomic mass is 19.3. The quantitative estimate of drug-likeness (QED) is 0.372. The van der Waals surface area contributed by atoms with Crippen LogP contribution in [0.25, 0.3) is 6.08 Å². The lowest BCUT2D eigenvalue weighted by Gasteiger charge is -2.24. The molecule has 2 aromatic carbocycles. The van der Waals surface area contributed by atoms with E-state index in [2.05, 4.69) is 5.32 Å². The first kappa shape index (κ1) is 26.4. The Morgan fingerprint density at radius 3 is 2.09 bits per heavy atom. The number of aliphatic carboxylic acids is 1. The van der Waals surface area contributed by atoms with Gasteiger partial charge in [0, 0.05) is 36.0 Å². The van der Waals surface area contributed by atoms with Crippen LogP contribution in [0.5, 0.6) is 23.0 Å². The number of likely N-dealkylation sites (N-methyl/N-ethyl adjacent to an activating group) is 1. The number of amides is 1. The average molecular weight is 480 g/mol. The fourth-order valence-electron chi connectivity index (χ4n) is 3.04. The summed E-state index contributed by atoms with van der Waals surface area (Å²) in [5.41, 5.74) is 1.06. The Balaban J connectivity index is 2.25. The fraction of sp³-hybridized carbons (Fsp3) is 0.304. The minimum absolute atomic E-state index is 0.256. The summed E-state index contributed by atoms with van der Waals surface area (Å²) in [6.45, 7) is -0.442. The van der Waals surface area contributed by atoms with Crippen molar-refractivity contribution in [3.8, 4) is 23.0 Å². The molecule has 0 aliphatic rings. The van der Waals surface area contributed by atoms with Crippen LogP contribution in [0.3, 0.4) is 0 Å². The third kappa shape index (κ3) is 6.13. The lowest BCUT2D eigenvalue weighted by molar-refractivity contribution is -0.194. The number of benzene rings is 2. The van der Waals surface area contributed by atoms with Crippen molar-refractivity contribution in [3.63, 3.8) is 0 Å². The first-order valence-corrected chi connectivity index (χ1v) is 9.85. The largest absolute Gasteiger partial charge is 0.496 e. The molecule has 34 heavy (non-hydrogen) atoms. The number of carbonyl (C=O) groups excluding carboxylic acids is 1. The van der Waals surface area contributed by atoms with E-state index in [1.54, 1.807) is 12.1 Å². The number of anilines is 1. The SMILES string of the molecule is COc1cc(OC)c(/C=C/C(=O)Nc2ccc(OC)c(CN(C)C(F)(F)C(=O)O)c2)c(OC)c1. The number of hydrogen-bond donors (Lipinski definition) is 2. The molecule has 0 aromatic heterocycles. The normalized spacial score (nSPS) is 11.4. The molecule has 0 aliphatic carbocycles. The number of hydrogen-bond acceptors (Lipinski definition) is 7. The van der Waals surface area contributed by atoms with Crippen LogP contribution >= 0.6 is 0 Å². The summed E-state index contributed by atoms with van der Waals surface area (Å²) in [6.07, 6.45) is 2.75. The Morgan fingerprint density at radius 2 is 1.59 bits per heavy atom. The molecule has 11 heteroatoms. The first-order chi connectivity index (χ1) is 16.1. The third-order valence-corrected chi connectivity index (χ3v) is 4.85. The van der Waals surface area contributed by atoms with E-state index >= 15 is 0 Å². The summed E-state index contributed by atoms with van der Waals surface area (Å²) in [6, 6.07) is 3.63. The van der Waals surface area contributed by atoms with E-state index < -0.39 is 24.5 Å². The zero-order valence-corrected chi connectivity index (χ0v) is 19.3.